The van der Waals surface area contributed by atoms with E-state index in [1.807, 2.05) is 55.5 Å². The highest BCUT2D eigenvalue weighted by atomic mass is 35.5. The number of nitrogens with one attached hydrogen (secondary N) is 1. The van der Waals surface area contributed by atoms with Crippen LogP contribution in [0.1, 0.15) is 48.3 Å². The number of imide groups is 1. The summed E-state index contributed by atoms with van der Waals surface area (Å²) in [6, 6.07) is 22.1. The van der Waals surface area contributed by atoms with Crippen molar-refractivity contribution in [2.75, 3.05) is 10.2 Å². The van der Waals surface area contributed by atoms with E-state index in [0.717, 1.165) is 28.0 Å². The predicted molar refractivity (Wildman–Crippen MR) is 172 cm³/mol. The molecule has 3 amide bonds. The van der Waals surface area contributed by atoms with Gasteiger partial charge in [-0.25, -0.2) is 4.90 Å². The molecule has 1 saturated heterocycles. The van der Waals surface area contributed by atoms with Gasteiger partial charge in [0.15, 0.2) is 0 Å². The smallest absolute Gasteiger partial charge is 0.308 e. The molecule has 3 aromatic carbocycles. The Balaban J connectivity index is 1.41. The quantitative estimate of drug-likeness (QED) is 0.251. The maximum Gasteiger partial charge on any atom is 0.308 e. The minimum absolute atomic E-state index is 0.0713. The van der Waals surface area contributed by atoms with Gasteiger partial charge in [-0.3, -0.25) is 23.7 Å². The predicted octanol–water partition coefficient (Wildman–Crippen LogP) is 6.60. The van der Waals surface area contributed by atoms with Crippen LogP contribution in [-0.4, -0.2) is 27.5 Å². The molecule has 220 valence electrons. The van der Waals surface area contributed by atoms with Crippen LogP contribution in [-0.2, 0) is 26.3 Å². The molecule has 0 saturated carbocycles. The zero-order chi connectivity index (χ0) is 30.6. The summed E-state index contributed by atoms with van der Waals surface area (Å²) < 4.78 is 1.43. The first-order chi connectivity index (χ1) is 20.4. The third-order valence-electron chi connectivity index (χ3n) is 7.91. The number of amides is 3. The van der Waals surface area contributed by atoms with Crippen LogP contribution in [0.5, 0.6) is 0 Å². The molecule has 1 N–H and O–H groups in total. The van der Waals surface area contributed by atoms with Crippen LogP contribution < -0.4 is 15.1 Å². The summed E-state index contributed by atoms with van der Waals surface area (Å²) in [5, 5.41) is 3.15. The fourth-order valence-corrected chi connectivity index (χ4v) is 8.53. The van der Waals surface area contributed by atoms with Crippen LogP contribution in [0, 0.1) is 12.8 Å². The number of rotatable bonds is 5. The number of anilines is 2. The summed E-state index contributed by atoms with van der Waals surface area (Å²) in [4.78, 5) is 56.1. The number of aryl methyl sites for hydroxylation is 1. The minimum Gasteiger partial charge on any atom is -0.325 e. The molecule has 0 radical (unpaired) electrons. The van der Waals surface area contributed by atoms with Crippen LogP contribution in [0.2, 0.25) is 5.02 Å². The van der Waals surface area contributed by atoms with Crippen LogP contribution in [0.4, 0.5) is 11.4 Å². The van der Waals surface area contributed by atoms with E-state index in [2.05, 4.69) is 26.1 Å². The molecule has 3 heterocycles. The van der Waals surface area contributed by atoms with Gasteiger partial charge < -0.3 is 5.32 Å². The molecule has 1 fully saturated rings. The fourth-order valence-electron chi connectivity index (χ4n) is 5.63. The topological polar surface area (TPSA) is 88.5 Å². The standard InChI is InChI=1S/C33H30ClN3O4S2/c1-18-5-13-22(14-6-18)35-24(38)17-36-31-28(43-32(36)41)25(19-7-9-20(10-8-19)33(2,3)4)26-27(42-31)30(40)37(29(26)39)23-15-11-21(34)12-16-23/h5-16,25-27H,17H2,1-4H3,(H,35,38)/t25-,26-,27+/m0/s1. The molecule has 3 atom stereocenters. The Morgan fingerprint density at radius 3 is 2.19 bits per heavy atom. The highest BCUT2D eigenvalue weighted by Gasteiger charge is 2.56. The molecular weight excluding hydrogens is 602 g/mol. The first-order valence-electron chi connectivity index (χ1n) is 13.9. The van der Waals surface area contributed by atoms with Gasteiger partial charge in [-0.2, -0.15) is 0 Å². The Bertz CT molecular complexity index is 1790. The van der Waals surface area contributed by atoms with Gasteiger partial charge >= 0.3 is 4.87 Å². The highest BCUT2D eigenvalue weighted by molar-refractivity contribution is 8.00. The number of aromatic nitrogens is 1. The molecule has 2 aliphatic rings. The van der Waals surface area contributed by atoms with Crippen molar-refractivity contribution in [1.82, 2.24) is 4.57 Å². The molecule has 4 aromatic rings. The number of thioether (sulfide) groups is 1. The van der Waals surface area contributed by atoms with E-state index in [1.165, 1.54) is 21.2 Å². The number of thiazole rings is 1. The Morgan fingerprint density at radius 2 is 1.56 bits per heavy atom. The molecule has 7 nitrogen and oxygen atoms in total. The second-order valence-corrected chi connectivity index (χ2v) is 14.5. The van der Waals surface area contributed by atoms with Crippen LogP contribution in [0.25, 0.3) is 0 Å². The van der Waals surface area contributed by atoms with Crippen molar-refractivity contribution in [1.29, 1.82) is 0 Å². The van der Waals surface area contributed by atoms with E-state index in [4.69, 9.17) is 11.6 Å². The third-order valence-corrected chi connectivity index (χ3v) is 10.8. The van der Waals surface area contributed by atoms with Crippen molar-refractivity contribution in [3.8, 4) is 0 Å². The lowest BCUT2D eigenvalue weighted by Gasteiger charge is -2.31. The molecule has 0 aliphatic carbocycles. The molecule has 0 unspecified atom stereocenters. The summed E-state index contributed by atoms with van der Waals surface area (Å²) in [5.74, 6) is -2.25. The minimum atomic E-state index is -0.761. The third kappa shape index (κ3) is 5.46. The summed E-state index contributed by atoms with van der Waals surface area (Å²) in [5.41, 5.74) is 4.06. The molecule has 43 heavy (non-hydrogen) atoms. The number of nitrogens with zero attached hydrogens (tertiary/aromatic N) is 2. The van der Waals surface area contributed by atoms with Gasteiger partial charge in [0.1, 0.15) is 11.8 Å². The average Bonchev–Trinajstić information content (AvgIpc) is 3.40. The number of hydrogen-bond donors (Lipinski definition) is 1. The van der Waals surface area contributed by atoms with Gasteiger partial charge in [-0.15, -0.1) is 0 Å². The van der Waals surface area contributed by atoms with Crippen molar-refractivity contribution >= 4 is 63.8 Å². The van der Waals surface area contributed by atoms with Gasteiger partial charge in [-0.05, 0) is 59.9 Å². The summed E-state index contributed by atoms with van der Waals surface area (Å²) in [7, 11) is 0. The monoisotopic (exact) mass is 631 g/mol. The lowest BCUT2D eigenvalue weighted by Crippen LogP contribution is -2.33. The second kappa shape index (κ2) is 11.1. The average molecular weight is 632 g/mol. The van der Waals surface area contributed by atoms with E-state index in [0.29, 0.717) is 26.3 Å². The highest BCUT2D eigenvalue weighted by Crippen LogP contribution is 2.54. The Hall–Kier alpha value is -3.66. The number of hydrogen-bond acceptors (Lipinski definition) is 6. The van der Waals surface area contributed by atoms with Gasteiger partial charge in [0, 0.05) is 21.5 Å². The Morgan fingerprint density at radius 1 is 0.907 bits per heavy atom. The van der Waals surface area contributed by atoms with Gasteiger partial charge in [0.05, 0.1) is 16.6 Å². The van der Waals surface area contributed by atoms with Crippen LogP contribution in [0.3, 0.4) is 0 Å². The normalized spacial score (nSPS) is 19.7. The van der Waals surface area contributed by atoms with Crippen molar-refractivity contribution in [2.45, 2.75) is 55.8 Å². The van der Waals surface area contributed by atoms with Crippen molar-refractivity contribution in [3.05, 3.63) is 109 Å². The van der Waals surface area contributed by atoms with E-state index in [9.17, 15) is 19.2 Å². The first kappa shape index (κ1) is 29.4. The largest absolute Gasteiger partial charge is 0.325 e. The van der Waals surface area contributed by atoms with Gasteiger partial charge in [-0.1, -0.05) is 97.4 Å². The maximum atomic E-state index is 14.1. The zero-order valence-electron chi connectivity index (χ0n) is 24.1. The maximum absolute atomic E-state index is 14.1. The molecule has 0 spiro atoms. The number of carbonyl (C=O) groups is 3. The molecule has 10 heteroatoms. The number of fused-ring (bicyclic) bond motifs is 2. The second-order valence-electron chi connectivity index (χ2n) is 11.9. The number of halogens is 1. The molecule has 6 rings (SSSR count). The first-order valence-corrected chi connectivity index (χ1v) is 16.0. The van der Waals surface area contributed by atoms with E-state index in [1.54, 1.807) is 24.3 Å². The summed E-state index contributed by atoms with van der Waals surface area (Å²) in [6.45, 7) is 8.14. The number of benzene rings is 3. The molecule has 2 aliphatic heterocycles. The van der Waals surface area contributed by atoms with Crippen LogP contribution in [0.15, 0.2) is 82.6 Å². The van der Waals surface area contributed by atoms with Crippen molar-refractivity contribution in [3.63, 3.8) is 0 Å². The Kier molecular flexibility index (Phi) is 7.61. The van der Waals surface area contributed by atoms with E-state index in [-0.39, 0.29) is 34.6 Å². The Labute approximate surface area is 262 Å². The lowest BCUT2D eigenvalue weighted by molar-refractivity contribution is -0.122. The molecule has 0 bridgehead atoms. The number of carbonyl (C=O) groups excluding carboxylic acids is 3. The van der Waals surface area contributed by atoms with E-state index < -0.39 is 17.1 Å². The fraction of sp³-hybridized carbons (Fsp3) is 0.273. The van der Waals surface area contributed by atoms with Crippen molar-refractivity contribution < 1.29 is 14.4 Å². The van der Waals surface area contributed by atoms with Crippen LogP contribution >= 0.6 is 34.7 Å². The SMILES string of the molecule is Cc1ccc(NC(=O)Cn2c3c(sc2=O)[C@@H](c2ccc(C(C)(C)C)cc2)[C@@H]2C(=O)N(c4ccc(Cl)cc4)C(=O)[C@@H]2S3)cc1. The molecule has 1 aromatic heterocycles. The van der Waals surface area contributed by atoms with Crippen molar-refractivity contribution in [2.24, 2.45) is 5.92 Å². The lowest BCUT2D eigenvalue weighted by atomic mass is 9.81. The van der Waals surface area contributed by atoms with Gasteiger partial charge in [0.2, 0.25) is 17.7 Å². The summed E-state index contributed by atoms with van der Waals surface area (Å²) >= 11 is 8.32. The van der Waals surface area contributed by atoms with Gasteiger partial charge in [0.25, 0.3) is 0 Å². The zero-order valence-corrected chi connectivity index (χ0v) is 26.5. The summed E-state index contributed by atoms with van der Waals surface area (Å²) in [6.07, 6.45) is 0. The molecular formula is C33H30ClN3O4S2. The van der Waals surface area contributed by atoms with E-state index >= 15 is 0 Å².